The quantitative estimate of drug-likeness (QED) is 0.570. The molecule has 0 bridgehead atoms. The summed E-state index contributed by atoms with van der Waals surface area (Å²) >= 11 is 0. The Labute approximate surface area is 150 Å². The molecule has 0 radical (unpaired) electrons. The van der Waals surface area contributed by atoms with Gasteiger partial charge in [0.05, 0.1) is 11.5 Å². The normalized spacial score (nSPS) is 21.0. The number of nitrogens with zero attached hydrogens (tertiary/aromatic N) is 5. The van der Waals surface area contributed by atoms with E-state index in [1.807, 2.05) is 4.90 Å². The van der Waals surface area contributed by atoms with E-state index < -0.39 is 4.92 Å². The molecule has 0 saturated carbocycles. The highest BCUT2D eigenvalue weighted by Crippen LogP contribution is 2.18. The van der Waals surface area contributed by atoms with Crippen molar-refractivity contribution in [3.8, 4) is 0 Å². The van der Waals surface area contributed by atoms with Crippen molar-refractivity contribution in [1.29, 1.82) is 0 Å². The first-order valence-electron chi connectivity index (χ1n) is 7.99. The molecule has 2 amide bonds. The third kappa shape index (κ3) is 4.45. The molecule has 3 heterocycles. The summed E-state index contributed by atoms with van der Waals surface area (Å²) in [5, 5.41) is 17.6. The lowest BCUT2D eigenvalue weighted by Crippen LogP contribution is -2.57. The predicted octanol–water partition coefficient (Wildman–Crippen LogP) is -0.364. The van der Waals surface area contributed by atoms with Gasteiger partial charge in [-0.1, -0.05) is 0 Å². The number of amides is 2. The van der Waals surface area contributed by atoms with Gasteiger partial charge in [-0.05, 0) is 12.8 Å². The molecule has 1 unspecified atom stereocenters. The summed E-state index contributed by atoms with van der Waals surface area (Å²) < 4.78 is 1.28. The molecule has 11 heteroatoms. The van der Waals surface area contributed by atoms with Crippen LogP contribution in [0.5, 0.6) is 0 Å². The number of aromatic nitrogens is 2. The molecule has 138 valence electrons. The van der Waals surface area contributed by atoms with E-state index >= 15 is 0 Å². The molecule has 1 aromatic rings. The number of piperazine rings is 1. The van der Waals surface area contributed by atoms with Gasteiger partial charge in [0.1, 0.15) is 18.9 Å². The van der Waals surface area contributed by atoms with Gasteiger partial charge in [0.25, 0.3) is 0 Å². The van der Waals surface area contributed by atoms with Gasteiger partial charge in [-0.3, -0.25) is 24.4 Å². The van der Waals surface area contributed by atoms with Crippen LogP contribution in [0.15, 0.2) is 12.4 Å². The molecule has 2 aliphatic heterocycles. The van der Waals surface area contributed by atoms with Crippen molar-refractivity contribution in [1.82, 2.24) is 24.9 Å². The molecular weight excluding hydrogens is 352 g/mol. The van der Waals surface area contributed by atoms with E-state index in [1.165, 1.54) is 10.9 Å². The van der Waals surface area contributed by atoms with Crippen LogP contribution in [0.4, 0.5) is 5.69 Å². The lowest BCUT2D eigenvalue weighted by molar-refractivity contribution is -0.385. The molecule has 1 atom stereocenters. The van der Waals surface area contributed by atoms with Gasteiger partial charge in [0.15, 0.2) is 0 Å². The predicted molar refractivity (Wildman–Crippen MR) is 90.3 cm³/mol. The average Bonchev–Trinajstić information content (AvgIpc) is 3.04. The number of hydrogen-bond acceptors (Lipinski definition) is 6. The van der Waals surface area contributed by atoms with Gasteiger partial charge in [0, 0.05) is 32.2 Å². The summed E-state index contributed by atoms with van der Waals surface area (Å²) in [6, 6.07) is 0.0456. The number of nitrogens with one attached hydrogen (secondary N) is 1. The minimum Gasteiger partial charge on any atom is -0.339 e. The Kier molecular flexibility index (Phi) is 6.32. The zero-order chi connectivity index (χ0) is 17.1. The molecule has 3 rings (SSSR count). The van der Waals surface area contributed by atoms with Crippen molar-refractivity contribution in [3.63, 3.8) is 0 Å². The Morgan fingerprint density at radius 3 is 2.92 bits per heavy atom. The van der Waals surface area contributed by atoms with Gasteiger partial charge in [-0.2, -0.15) is 5.10 Å². The summed E-state index contributed by atoms with van der Waals surface area (Å²) in [7, 11) is 0. The molecule has 2 aliphatic rings. The van der Waals surface area contributed by atoms with Crippen LogP contribution in [-0.4, -0.2) is 75.1 Å². The SMILES string of the molecule is Cl.O=C(Cn1cc([N+](=O)[O-])cn1)N1CCCC(N2CCNCC2=O)C1. The largest absolute Gasteiger partial charge is 0.339 e. The standard InChI is InChI=1S/C14H20N6O4.ClH/c21-13-7-15-3-5-19(13)11-2-1-4-17(8-11)14(22)10-18-9-12(6-16-18)20(23)24;/h6,9,11,15H,1-5,7-8,10H2;1H. The highest BCUT2D eigenvalue weighted by Gasteiger charge is 2.31. The average molecular weight is 373 g/mol. The minimum absolute atomic E-state index is 0. The van der Waals surface area contributed by atoms with Crippen molar-refractivity contribution in [2.45, 2.75) is 25.4 Å². The first-order valence-corrected chi connectivity index (χ1v) is 7.99. The summed E-state index contributed by atoms with van der Waals surface area (Å²) in [6.07, 6.45) is 4.11. The van der Waals surface area contributed by atoms with Gasteiger partial charge < -0.3 is 15.1 Å². The summed E-state index contributed by atoms with van der Waals surface area (Å²) in [5.41, 5.74) is -0.134. The van der Waals surface area contributed by atoms with E-state index in [1.54, 1.807) is 4.90 Å². The minimum atomic E-state index is -0.541. The first kappa shape index (κ1) is 19.1. The molecule has 0 spiro atoms. The molecule has 25 heavy (non-hydrogen) atoms. The second-order valence-corrected chi connectivity index (χ2v) is 6.05. The topological polar surface area (TPSA) is 114 Å². The first-order chi connectivity index (χ1) is 11.5. The number of nitro groups is 1. The molecule has 2 saturated heterocycles. The van der Waals surface area contributed by atoms with Crippen LogP contribution in [0.3, 0.4) is 0 Å². The van der Waals surface area contributed by atoms with Crippen LogP contribution in [0, 0.1) is 10.1 Å². The maximum Gasteiger partial charge on any atom is 0.307 e. The molecule has 10 nitrogen and oxygen atoms in total. The Bertz CT molecular complexity index is 651. The summed E-state index contributed by atoms with van der Waals surface area (Å²) in [6.45, 7) is 2.90. The van der Waals surface area contributed by atoms with E-state index in [0.29, 0.717) is 26.2 Å². The van der Waals surface area contributed by atoms with Crippen molar-refractivity contribution < 1.29 is 14.5 Å². The van der Waals surface area contributed by atoms with Gasteiger partial charge >= 0.3 is 5.69 Å². The summed E-state index contributed by atoms with van der Waals surface area (Å²) in [4.78, 5) is 38.1. The second kappa shape index (κ2) is 8.26. The second-order valence-electron chi connectivity index (χ2n) is 6.05. The van der Waals surface area contributed by atoms with E-state index in [4.69, 9.17) is 0 Å². The number of halogens is 1. The Balaban J connectivity index is 0.00000225. The van der Waals surface area contributed by atoms with Crippen molar-refractivity contribution in [2.24, 2.45) is 0 Å². The number of hydrogen-bond donors (Lipinski definition) is 1. The van der Waals surface area contributed by atoms with Gasteiger partial charge in [0.2, 0.25) is 11.8 Å². The monoisotopic (exact) mass is 372 g/mol. The van der Waals surface area contributed by atoms with E-state index in [0.717, 1.165) is 25.6 Å². The number of rotatable bonds is 4. The number of piperidine rings is 1. The van der Waals surface area contributed by atoms with Gasteiger partial charge in [-0.25, -0.2) is 0 Å². The van der Waals surface area contributed by atoms with Crippen molar-refractivity contribution in [3.05, 3.63) is 22.5 Å². The molecular formula is C14H21ClN6O4. The lowest BCUT2D eigenvalue weighted by atomic mass is 10.0. The third-order valence-electron chi connectivity index (χ3n) is 4.44. The fraction of sp³-hybridized carbons (Fsp3) is 0.643. The maximum absolute atomic E-state index is 12.4. The van der Waals surface area contributed by atoms with Crippen LogP contribution >= 0.6 is 12.4 Å². The fourth-order valence-corrected chi connectivity index (χ4v) is 3.21. The maximum atomic E-state index is 12.4. The lowest BCUT2D eigenvalue weighted by Gasteiger charge is -2.41. The smallest absolute Gasteiger partial charge is 0.307 e. The van der Waals surface area contributed by atoms with E-state index in [9.17, 15) is 19.7 Å². The zero-order valence-electron chi connectivity index (χ0n) is 13.7. The van der Waals surface area contributed by atoms with Crippen LogP contribution in [0.2, 0.25) is 0 Å². The van der Waals surface area contributed by atoms with Crippen LogP contribution < -0.4 is 5.32 Å². The zero-order valence-corrected chi connectivity index (χ0v) is 14.5. The van der Waals surface area contributed by atoms with Gasteiger partial charge in [-0.15, -0.1) is 12.4 Å². The van der Waals surface area contributed by atoms with E-state index in [-0.39, 0.29) is 42.5 Å². The molecule has 2 fully saturated rings. The van der Waals surface area contributed by atoms with Crippen LogP contribution in [0.1, 0.15) is 12.8 Å². The highest BCUT2D eigenvalue weighted by atomic mass is 35.5. The van der Waals surface area contributed by atoms with Crippen LogP contribution in [-0.2, 0) is 16.1 Å². The molecule has 0 aliphatic carbocycles. The Morgan fingerprint density at radius 1 is 1.44 bits per heavy atom. The number of carbonyl (C=O) groups is 2. The van der Waals surface area contributed by atoms with Crippen molar-refractivity contribution in [2.75, 3.05) is 32.7 Å². The third-order valence-corrected chi connectivity index (χ3v) is 4.44. The molecule has 1 aromatic heterocycles. The summed E-state index contributed by atoms with van der Waals surface area (Å²) in [5.74, 6) is -0.0662. The molecule has 0 aromatic carbocycles. The van der Waals surface area contributed by atoms with Crippen molar-refractivity contribution >= 4 is 29.9 Å². The fourth-order valence-electron chi connectivity index (χ4n) is 3.21. The number of likely N-dealkylation sites (tertiary alicyclic amines) is 1. The molecule has 1 N–H and O–H groups in total. The Hall–Kier alpha value is -2.20. The highest BCUT2D eigenvalue weighted by molar-refractivity contribution is 5.85. The van der Waals surface area contributed by atoms with Crippen LogP contribution in [0.25, 0.3) is 0 Å². The Morgan fingerprint density at radius 2 is 2.24 bits per heavy atom. The number of carbonyl (C=O) groups excluding carboxylic acids is 2. The van der Waals surface area contributed by atoms with E-state index in [2.05, 4.69) is 10.4 Å².